The minimum absolute atomic E-state index is 0.250. The van der Waals surface area contributed by atoms with E-state index in [2.05, 4.69) is 65.8 Å². The van der Waals surface area contributed by atoms with Crippen molar-refractivity contribution in [2.45, 2.75) is 59.2 Å². The van der Waals surface area contributed by atoms with Gasteiger partial charge in [-0.2, -0.15) is 0 Å². The van der Waals surface area contributed by atoms with Crippen molar-refractivity contribution in [2.75, 3.05) is 0 Å². The van der Waals surface area contributed by atoms with Crippen molar-refractivity contribution in [3.8, 4) is 0 Å². The Hall–Kier alpha value is -0.795. The summed E-state index contributed by atoms with van der Waals surface area (Å²) in [6, 6.07) is 8.46. The molecule has 3 heteroatoms. The Morgan fingerprint density at radius 2 is 1.53 bits per heavy atom. The van der Waals surface area contributed by atoms with Gasteiger partial charge in [0.1, 0.15) is 0 Å². The fourth-order valence-corrected chi connectivity index (χ4v) is 2.36. The van der Waals surface area contributed by atoms with Gasteiger partial charge in [0.05, 0.1) is 11.2 Å². The van der Waals surface area contributed by atoms with E-state index in [1.165, 1.54) is 11.0 Å². The maximum atomic E-state index is 6.15. The highest BCUT2D eigenvalue weighted by molar-refractivity contribution is 6.62. The van der Waals surface area contributed by atoms with Crippen LogP contribution in [0.25, 0.3) is 0 Å². The van der Waals surface area contributed by atoms with E-state index >= 15 is 0 Å². The highest BCUT2D eigenvalue weighted by atomic mass is 16.7. The molecule has 2 nitrogen and oxygen atoms in total. The van der Waals surface area contributed by atoms with Crippen LogP contribution in [-0.2, 0) is 15.7 Å². The molecule has 1 aromatic rings. The Morgan fingerprint density at radius 1 is 1.00 bits per heavy atom. The van der Waals surface area contributed by atoms with Crippen LogP contribution in [0.5, 0.6) is 0 Å². The van der Waals surface area contributed by atoms with Gasteiger partial charge in [0, 0.05) is 0 Å². The van der Waals surface area contributed by atoms with Crippen LogP contribution in [0, 0.1) is 5.92 Å². The molecule has 104 valence electrons. The molecule has 0 aromatic heterocycles. The van der Waals surface area contributed by atoms with E-state index in [1.54, 1.807) is 0 Å². The SMILES string of the molecule is CC(C)Cc1ccccc1B1OC(C)(C)C(C)(C)O1. The first kappa shape index (κ1) is 14.6. The number of rotatable bonds is 3. The molecule has 2 rings (SSSR count). The molecule has 1 aliphatic heterocycles. The molecule has 19 heavy (non-hydrogen) atoms. The van der Waals surface area contributed by atoms with Crippen LogP contribution in [-0.4, -0.2) is 18.3 Å². The Balaban J connectivity index is 2.29. The smallest absolute Gasteiger partial charge is 0.399 e. The van der Waals surface area contributed by atoms with Crippen molar-refractivity contribution in [1.82, 2.24) is 0 Å². The first-order chi connectivity index (χ1) is 8.73. The summed E-state index contributed by atoms with van der Waals surface area (Å²) in [5.41, 5.74) is 1.96. The molecular weight excluding hydrogens is 235 g/mol. The third kappa shape index (κ3) is 2.87. The van der Waals surface area contributed by atoms with Crippen LogP contribution in [0.4, 0.5) is 0 Å². The van der Waals surface area contributed by atoms with Gasteiger partial charge in [0.2, 0.25) is 0 Å². The highest BCUT2D eigenvalue weighted by Gasteiger charge is 2.52. The van der Waals surface area contributed by atoms with Gasteiger partial charge in [-0.05, 0) is 51.1 Å². The molecule has 0 amide bonds. The molecule has 1 saturated heterocycles. The number of hydrogen-bond acceptors (Lipinski definition) is 2. The van der Waals surface area contributed by atoms with Gasteiger partial charge in [-0.1, -0.05) is 38.1 Å². The summed E-state index contributed by atoms with van der Waals surface area (Å²) in [6.07, 6.45) is 1.06. The van der Waals surface area contributed by atoms with E-state index in [4.69, 9.17) is 9.31 Å². The maximum absolute atomic E-state index is 6.15. The quantitative estimate of drug-likeness (QED) is 0.777. The average molecular weight is 260 g/mol. The average Bonchev–Trinajstić information content (AvgIpc) is 2.48. The summed E-state index contributed by atoms with van der Waals surface area (Å²) >= 11 is 0. The Kier molecular flexibility index (Phi) is 3.81. The lowest BCUT2D eigenvalue weighted by Gasteiger charge is -2.32. The molecule has 0 bridgehead atoms. The monoisotopic (exact) mass is 260 g/mol. The lowest BCUT2D eigenvalue weighted by Crippen LogP contribution is -2.41. The molecule has 1 fully saturated rings. The predicted molar refractivity (Wildman–Crippen MR) is 80.7 cm³/mol. The molecule has 1 aromatic carbocycles. The number of benzene rings is 1. The zero-order valence-corrected chi connectivity index (χ0v) is 13.0. The number of hydrogen-bond donors (Lipinski definition) is 0. The first-order valence-electron chi connectivity index (χ1n) is 7.16. The highest BCUT2D eigenvalue weighted by Crippen LogP contribution is 2.36. The maximum Gasteiger partial charge on any atom is 0.495 e. The molecule has 0 unspecified atom stereocenters. The van der Waals surface area contributed by atoms with Crippen molar-refractivity contribution in [2.24, 2.45) is 5.92 Å². The van der Waals surface area contributed by atoms with E-state index < -0.39 is 0 Å². The molecule has 0 spiro atoms. The summed E-state index contributed by atoms with van der Waals surface area (Å²) < 4.78 is 12.3. The molecular formula is C16H25BO2. The summed E-state index contributed by atoms with van der Waals surface area (Å²) in [4.78, 5) is 0. The van der Waals surface area contributed by atoms with E-state index in [0.29, 0.717) is 5.92 Å². The summed E-state index contributed by atoms with van der Waals surface area (Å²) in [5.74, 6) is 0.628. The topological polar surface area (TPSA) is 18.5 Å². The molecule has 0 saturated carbocycles. The van der Waals surface area contributed by atoms with Gasteiger partial charge in [0.15, 0.2) is 0 Å². The fraction of sp³-hybridized carbons (Fsp3) is 0.625. The zero-order valence-electron chi connectivity index (χ0n) is 13.0. The second-order valence-electron chi connectivity index (χ2n) is 6.89. The first-order valence-corrected chi connectivity index (χ1v) is 7.16. The second kappa shape index (κ2) is 4.95. The van der Waals surface area contributed by atoms with E-state index in [-0.39, 0.29) is 18.3 Å². The van der Waals surface area contributed by atoms with Crippen molar-refractivity contribution in [3.63, 3.8) is 0 Å². The minimum Gasteiger partial charge on any atom is -0.399 e. The molecule has 0 radical (unpaired) electrons. The fourth-order valence-electron chi connectivity index (χ4n) is 2.36. The zero-order chi connectivity index (χ0) is 14.3. The van der Waals surface area contributed by atoms with Crippen molar-refractivity contribution < 1.29 is 9.31 Å². The minimum atomic E-state index is -0.275. The van der Waals surface area contributed by atoms with Crippen molar-refractivity contribution in [3.05, 3.63) is 29.8 Å². The van der Waals surface area contributed by atoms with Gasteiger partial charge in [-0.15, -0.1) is 0 Å². The third-order valence-electron chi connectivity index (χ3n) is 4.19. The van der Waals surface area contributed by atoms with Crippen LogP contribution < -0.4 is 5.46 Å². The molecule has 0 atom stereocenters. The normalized spacial score (nSPS) is 21.1. The summed E-state index contributed by atoms with van der Waals surface area (Å²) in [6.45, 7) is 12.9. The second-order valence-corrected chi connectivity index (χ2v) is 6.89. The van der Waals surface area contributed by atoms with Crippen LogP contribution in [0.2, 0.25) is 0 Å². The van der Waals surface area contributed by atoms with Crippen LogP contribution in [0.3, 0.4) is 0 Å². The summed E-state index contributed by atoms with van der Waals surface area (Å²) in [5, 5.41) is 0. The van der Waals surface area contributed by atoms with Crippen molar-refractivity contribution >= 4 is 12.6 Å². The molecule has 0 N–H and O–H groups in total. The molecule has 0 aliphatic carbocycles. The van der Waals surface area contributed by atoms with Gasteiger partial charge in [0.25, 0.3) is 0 Å². The summed E-state index contributed by atoms with van der Waals surface area (Å²) in [7, 11) is -0.250. The van der Waals surface area contributed by atoms with E-state index in [0.717, 1.165) is 6.42 Å². The van der Waals surface area contributed by atoms with Crippen molar-refractivity contribution in [1.29, 1.82) is 0 Å². The lowest BCUT2D eigenvalue weighted by atomic mass is 9.74. The van der Waals surface area contributed by atoms with E-state index in [9.17, 15) is 0 Å². The Labute approximate surface area is 117 Å². The predicted octanol–water partition coefficient (Wildman–Crippen LogP) is 3.18. The van der Waals surface area contributed by atoms with Gasteiger partial charge in [-0.25, -0.2) is 0 Å². The van der Waals surface area contributed by atoms with E-state index in [1.807, 2.05) is 0 Å². The van der Waals surface area contributed by atoms with Gasteiger partial charge < -0.3 is 9.31 Å². The Morgan fingerprint density at radius 3 is 2.05 bits per heavy atom. The largest absolute Gasteiger partial charge is 0.495 e. The van der Waals surface area contributed by atoms with Crippen LogP contribution in [0.1, 0.15) is 47.1 Å². The Bertz CT molecular complexity index is 436. The molecule has 1 heterocycles. The van der Waals surface area contributed by atoms with Crippen LogP contribution >= 0.6 is 0 Å². The molecule has 1 aliphatic rings. The standard InChI is InChI=1S/C16H25BO2/c1-12(2)11-13-9-7-8-10-14(13)17-18-15(3,4)16(5,6)19-17/h7-10,12H,11H2,1-6H3. The third-order valence-corrected chi connectivity index (χ3v) is 4.19. The van der Waals surface area contributed by atoms with Crippen LogP contribution in [0.15, 0.2) is 24.3 Å². The van der Waals surface area contributed by atoms with Gasteiger partial charge >= 0.3 is 7.12 Å². The van der Waals surface area contributed by atoms with Gasteiger partial charge in [-0.3, -0.25) is 0 Å². The lowest BCUT2D eigenvalue weighted by molar-refractivity contribution is 0.00578.